The Hall–Kier alpha value is -7.35. The molecule has 1 aliphatic heterocycles. The third-order valence-corrected chi connectivity index (χ3v) is 14.0. The Labute approximate surface area is 356 Å². The van der Waals surface area contributed by atoms with Crippen molar-refractivity contribution in [2.24, 2.45) is 11.8 Å². The molecular weight excluding hydrogens is 767 g/mol. The average molecular weight is 810 g/mol. The van der Waals surface area contributed by atoms with Crippen LogP contribution in [0.3, 0.4) is 0 Å². The number of hydrogen-bond donors (Lipinski definition) is 0. The number of furan rings is 1. The zero-order valence-corrected chi connectivity index (χ0v) is 35.2. The van der Waals surface area contributed by atoms with Crippen LogP contribution >= 0.6 is 0 Å². The van der Waals surface area contributed by atoms with E-state index < -0.39 is 8.07 Å². The summed E-state index contributed by atoms with van der Waals surface area (Å²) < 4.78 is 20.3. The quantitative estimate of drug-likeness (QED) is 0.135. The molecule has 0 bridgehead atoms. The molecule has 11 rings (SSSR count). The van der Waals surface area contributed by atoms with Crippen molar-refractivity contribution in [2.45, 2.75) is 19.6 Å². The number of rotatable bonds is 9. The summed E-state index contributed by atoms with van der Waals surface area (Å²) in [6.45, 7) is 7.15. The average Bonchev–Trinajstić information content (AvgIpc) is 3.68. The van der Waals surface area contributed by atoms with E-state index in [1.807, 2.05) is 66.9 Å². The van der Waals surface area contributed by atoms with Crippen LogP contribution in [0.25, 0.3) is 27.5 Å². The number of para-hydroxylation sites is 3. The summed E-state index contributed by atoms with van der Waals surface area (Å²) in [5.74, 6) is 4.12. The second-order valence-corrected chi connectivity index (χ2v) is 21.9. The van der Waals surface area contributed by atoms with Crippen LogP contribution in [0.15, 0.2) is 210 Å². The highest BCUT2D eigenvalue weighted by Gasteiger charge is 2.41. The predicted octanol–water partition coefficient (Wildman–Crippen LogP) is 13.9. The summed E-state index contributed by atoms with van der Waals surface area (Å²) in [6, 6.07) is 54.8. The van der Waals surface area contributed by atoms with E-state index in [2.05, 4.69) is 162 Å². The van der Waals surface area contributed by atoms with E-state index in [1.54, 1.807) is 0 Å². The second kappa shape index (κ2) is 14.7. The van der Waals surface area contributed by atoms with Gasteiger partial charge in [-0.05, 0) is 90.5 Å². The van der Waals surface area contributed by atoms with Crippen LogP contribution in [-0.4, -0.2) is 13.1 Å². The molecule has 0 spiro atoms. The van der Waals surface area contributed by atoms with Crippen molar-refractivity contribution in [2.75, 3.05) is 9.80 Å². The molecule has 0 radical (unpaired) electrons. The van der Waals surface area contributed by atoms with Crippen molar-refractivity contribution < 1.29 is 13.9 Å². The second-order valence-electron chi connectivity index (χ2n) is 16.8. The number of nitrogens with zero attached hydrogens (tertiary/aromatic N) is 3. The maximum Gasteiger partial charge on any atom is 0.159 e. The van der Waals surface area contributed by atoms with Gasteiger partial charge in [-0.25, -0.2) is 4.98 Å². The number of allylic oxidation sites excluding steroid dienone is 6. The smallest absolute Gasteiger partial charge is 0.159 e. The summed E-state index contributed by atoms with van der Waals surface area (Å²) in [5.41, 5.74) is 9.00. The molecule has 0 N–H and O–H groups in total. The normalized spacial score (nSPS) is 16.5. The first-order valence-corrected chi connectivity index (χ1v) is 24.3. The summed E-state index contributed by atoms with van der Waals surface area (Å²) in [7, 11) is -1.52. The minimum absolute atomic E-state index is 0.0182. The Bertz CT molecular complexity index is 3050. The van der Waals surface area contributed by atoms with Crippen molar-refractivity contribution in [3.63, 3.8) is 0 Å². The minimum atomic E-state index is -1.52. The molecule has 3 aliphatic rings. The van der Waals surface area contributed by atoms with Crippen molar-refractivity contribution in [3.05, 3.63) is 211 Å². The van der Waals surface area contributed by atoms with Gasteiger partial charge in [-0.3, -0.25) is 4.90 Å². The molecule has 0 fully saturated rings. The van der Waals surface area contributed by atoms with Crippen molar-refractivity contribution in [3.8, 4) is 11.5 Å². The molecule has 0 amide bonds. The van der Waals surface area contributed by atoms with Gasteiger partial charge in [-0.15, -0.1) is 0 Å². The fourth-order valence-electron chi connectivity index (χ4n) is 8.96. The fourth-order valence-corrected chi connectivity index (χ4v) is 10.1. The molecule has 2 unspecified atom stereocenters. The van der Waals surface area contributed by atoms with E-state index in [4.69, 9.17) is 13.9 Å². The summed E-state index contributed by atoms with van der Waals surface area (Å²) in [6.07, 6.45) is 12.6. The Balaban J connectivity index is 0.967. The van der Waals surface area contributed by atoms with Gasteiger partial charge in [0.25, 0.3) is 0 Å². The number of hydrogen-bond acceptors (Lipinski definition) is 6. The predicted molar refractivity (Wildman–Crippen MR) is 252 cm³/mol. The molecule has 3 heterocycles. The van der Waals surface area contributed by atoms with Gasteiger partial charge in [0.1, 0.15) is 34.4 Å². The van der Waals surface area contributed by atoms with Crippen LogP contribution in [0.4, 0.5) is 34.3 Å². The summed E-state index contributed by atoms with van der Waals surface area (Å²) >= 11 is 0. The monoisotopic (exact) mass is 809 g/mol. The number of benzene rings is 6. The van der Waals surface area contributed by atoms with Gasteiger partial charge >= 0.3 is 0 Å². The zero-order valence-electron chi connectivity index (χ0n) is 34.2. The van der Waals surface area contributed by atoms with E-state index in [0.29, 0.717) is 0 Å². The molecule has 2 aromatic heterocycles. The molecular formula is C54H43N3O3Si. The van der Waals surface area contributed by atoms with Gasteiger partial charge in [-0.2, -0.15) is 0 Å². The maximum atomic E-state index is 6.91. The highest BCUT2D eigenvalue weighted by Crippen LogP contribution is 2.52. The van der Waals surface area contributed by atoms with Gasteiger partial charge in [-0.1, -0.05) is 116 Å². The van der Waals surface area contributed by atoms with Crippen LogP contribution in [0.2, 0.25) is 19.6 Å². The van der Waals surface area contributed by atoms with E-state index in [9.17, 15) is 0 Å². The lowest BCUT2D eigenvalue weighted by Gasteiger charge is -2.39. The number of anilines is 6. The molecule has 0 saturated carbocycles. The number of fused-ring (bicyclic) bond motifs is 5. The number of ether oxygens (including phenoxy) is 2. The largest absolute Gasteiger partial charge is 0.461 e. The highest BCUT2D eigenvalue weighted by molar-refractivity contribution is 6.88. The third kappa shape index (κ3) is 6.54. The first-order valence-electron chi connectivity index (χ1n) is 20.8. The van der Waals surface area contributed by atoms with Gasteiger partial charge < -0.3 is 18.8 Å². The van der Waals surface area contributed by atoms with E-state index in [0.717, 1.165) is 84.8 Å². The van der Waals surface area contributed by atoms with E-state index >= 15 is 0 Å². The molecule has 61 heavy (non-hydrogen) atoms. The summed E-state index contributed by atoms with van der Waals surface area (Å²) in [5, 5.41) is 3.61. The molecule has 6 nitrogen and oxygen atoms in total. The van der Waals surface area contributed by atoms with Gasteiger partial charge in [0.2, 0.25) is 0 Å². The lowest BCUT2D eigenvalue weighted by molar-refractivity contribution is 0.290. The minimum Gasteiger partial charge on any atom is -0.461 e. The maximum absolute atomic E-state index is 6.91. The molecule has 0 saturated heterocycles. The Morgan fingerprint density at radius 2 is 1.36 bits per heavy atom. The molecule has 2 atom stereocenters. The molecule has 6 aromatic carbocycles. The lowest BCUT2D eigenvalue weighted by Crippen LogP contribution is -2.37. The topological polar surface area (TPSA) is 51.0 Å². The highest BCUT2D eigenvalue weighted by atomic mass is 28.3. The van der Waals surface area contributed by atoms with Crippen molar-refractivity contribution in [1.82, 2.24) is 4.98 Å². The van der Waals surface area contributed by atoms with E-state index in [-0.39, 0.29) is 11.8 Å². The Morgan fingerprint density at radius 1 is 0.623 bits per heavy atom. The van der Waals surface area contributed by atoms with Crippen LogP contribution in [0.5, 0.6) is 11.5 Å². The standard InChI is InChI=1S/C54H43N3O3Si/c1-61(2,3)41-28-25-37(26-29-41)56(47-21-12-19-45-42-18-7-8-22-48(42)60-54(45)47)39-27-30-43-44-31-32-49(46-20-13-23-50(53(44)46)59-51(43)35-39)58-40-17-11-16-38(34-40)57(36-14-5-4-6-15-36)52-24-9-10-33-55-52/h4-35,46,53H,1-3H3. The summed E-state index contributed by atoms with van der Waals surface area (Å²) in [4.78, 5) is 9.13. The lowest BCUT2D eigenvalue weighted by atomic mass is 9.73. The van der Waals surface area contributed by atoms with E-state index in [1.165, 1.54) is 10.8 Å². The molecule has 7 heteroatoms. The first-order chi connectivity index (χ1) is 29.9. The Morgan fingerprint density at radius 3 is 2.20 bits per heavy atom. The van der Waals surface area contributed by atoms with Crippen LogP contribution in [0, 0.1) is 11.8 Å². The number of aromatic nitrogens is 1. The van der Waals surface area contributed by atoms with Crippen LogP contribution in [0.1, 0.15) is 5.56 Å². The SMILES string of the molecule is C[Si](C)(C)c1ccc(N(c2ccc3c(c2)OC2=CC=CC4C(Oc5cccc(N(c6ccccc6)c6ccccn6)c5)=CC=C3C24)c2cccc3c2oc2ccccc23)cc1. The van der Waals surface area contributed by atoms with Crippen LogP contribution in [-0.2, 0) is 0 Å². The molecule has 8 aromatic rings. The van der Waals surface area contributed by atoms with Gasteiger partial charge in [0, 0.05) is 52.0 Å². The van der Waals surface area contributed by atoms with Crippen molar-refractivity contribution >= 4 is 75.0 Å². The number of pyridine rings is 1. The van der Waals surface area contributed by atoms with Crippen LogP contribution < -0.4 is 24.5 Å². The van der Waals surface area contributed by atoms with Crippen molar-refractivity contribution in [1.29, 1.82) is 0 Å². The van der Waals surface area contributed by atoms with Gasteiger partial charge in [0.05, 0.1) is 31.1 Å². The zero-order chi connectivity index (χ0) is 41.1. The molecule has 296 valence electrons. The third-order valence-electron chi connectivity index (χ3n) is 11.9. The van der Waals surface area contributed by atoms with Gasteiger partial charge in [0.15, 0.2) is 5.58 Å². The fraction of sp³-hybridized carbons (Fsp3) is 0.0926. The first kappa shape index (κ1) is 36.7. The Kier molecular flexibility index (Phi) is 8.86. The molecule has 2 aliphatic carbocycles.